The van der Waals surface area contributed by atoms with Crippen molar-refractivity contribution >= 4 is 20.9 Å². The Morgan fingerprint density at radius 1 is 0.806 bits per heavy atom. The number of hydrogen-bond acceptors (Lipinski definition) is 3. The predicted octanol–water partition coefficient (Wildman–Crippen LogP) is 2.10. The van der Waals surface area contributed by atoms with Crippen LogP contribution < -0.4 is 29.6 Å². The molecule has 0 aliphatic carbocycles. The second-order valence-electron chi connectivity index (χ2n) is 6.18. The van der Waals surface area contributed by atoms with Gasteiger partial charge in [0.25, 0.3) is 0 Å². The summed E-state index contributed by atoms with van der Waals surface area (Å²) in [5.41, 5.74) is -0.918. The van der Waals surface area contributed by atoms with Gasteiger partial charge in [-0.15, -0.1) is 0 Å². The number of alkyl halides is 10. The van der Waals surface area contributed by atoms with Crippen LogP contribution in [0.4, 0.5) is 43.9 Å². The van der Waals surface area contributed by atoms with Gasteiger partial charge in [0.2, 0.25) is 0 Å². The molecule has 0 bridgehead atoms. The van der Waals surface area contributed by atoms with Gasteiger partial charge in [0.15, 0.2) is 0 Å². The molecule has 0 aliphatic heterocycles. The van der Waals surface area contributed by atoms with Crippen molar-refractivity contribution in [1.82, 2.24) is 0 Å². The second kappa shape index (κ2) is 8.69. The smallest absolute Gasteiger partial charge is 0.744 e. The van der Waals surface area contributed by atoms with Gasteiger partial charge in [0.05, 0.1) is 4.90 Å². The molecule has 0 spiro atoms. The molecule has 15 heteroatoms. The average molecular weight is 494 g/mol. The van der Waals surface area contributed by atoms with E-state index in [-0.39, 0.29) is 29.6 Å². The first-order chi connectivity index (χ1) is 13.4. The molecule has 168 valence electrons. The van der Waals surface area contributed by atoms with Crippen molar-refractivity contribution in [3.63, 3.8) is 0 Å². The van der Waals surface area contributed by atoms with Crippen molar-refractivity contribution in [1.29, 1.82) is 0 Å². The van der Waals surface area contributed by atoms with E-state index in [9.17, 15) is 56.9 Å². The molecule has 0 aliphatic rings. The van der Waals surface area contributed by atoms with Crippen LogP contribution in [0.1, 0.15) is 5.56 Å². The summed E-state index contributed by atoms with van der Waals surface area (Å²) in [6.07, 6.45) is -7.72. The first-order valence-electron chi connectivity index (χ1n) is 7.64. The van der Waals surface area contributed by atoms with Crippen LogP contribution >= 0.6 is 0 Å². The minimum absolute atomic E-state index is 0. The molecule has 0 N–H and O–H groups in total. The summed E-state index contributed by atoms with van der Waals surface area (Å²) in [5, 5.41) is -1.07. The molecule has 0 saturated heterocycles. The minimum Gasteiger partial charge on any atom is -0.744 e. The van der Waals surface area contributed by atoms with Crippen molar-refractivity contribution in [2.45, 2.75) is 41.4 Å². The van der Waals surface area contributed by atoms with Gasteiger partial charge < -0.3 is 4.55 Å². The first-order valence-corrected chi connectivity index (χ1v) is 9.04. The van der Waals surface area contributed by atoms with Crippen molar-refractivity contribution in [3.05, 3.63) is 42.0 Å². The maximum Gasteiger partial charge on any atom is 1.00 e. The largest absolute Gasteiger partial charge is 1.00 e. The molecule has 0 aromatic heterocycles. The zero-order valence-corrected chi connectivity index (χ0v) is 18.0. The van der Waals surface area contributed by atoms with E-state index in [0.29, 0.717) is 6.07 Å². The van der Waals surface area contributed by atoms with Gasteiger partial charge in [0, 0.05) is 6.42 Å². The fraction of sp³-hybridized carbons (Fsp3) is 0.375. The summed E-state index contributed by atoms with van der Waals surface area (Å²) >= 11 is 0. The fourth-order valence-electron chi connectivity index (χ4n) is 2.64. The fourth-order valence-corrected chi connectivity index (χ4v) is 3.34. The molecular weight excluding hydrogens is 485 g/mol. The normalized spacial score (nSPS) is 14.1. The van der Waals surface area contributed by atoms with E-state index in [2.05, 4.69) is 0 Å². The standard InChI is InChI=1S/C16H10F10O3S.Na/c17-12(18)14(21,22)16(25,26)15(23,24)13(19,20)7-8-3-1-5-10-9(8)4-2-6-11(10)30(27,28)29;/h1-6,12H,7H2,(H,27,28,29);/q;+1/p-1. The van der Waals surface area contributed by atoms with Gasteiger partial charge in [-0.2, -0.15) is 35.1 Å². The molecule has 0 fully saturated rings. The Kier molecular flexibility index (Phi) is 7.83. The number of benzene rings is 2. The SMILES string of the molecule is O=S(=O)([O-])c1cccc2c(CC(F)(F)C(F)(F)C(F)(F)C(F)(F)C(F)F)cccc12.[Na+]. The van der Waals surface area contributed by atoms with Crippen LogP contribution in [0, 0.1) is 0 Å². The molecule has 0 heterocycles. The number of hydrogen-bond donors (Lipinski definition) is 0. The van der Waals surface area contributed by atoms with Gasteiger partial charge in [-0.05, 0) is 22.4 Å². The average Bonchev–Trinajstić information content (AvgIpc) is 2.59. The third-order valence-corrected chi connectivity index (χ3v) is 5.10. The van der Waals surface area contributed by atoms with Crippen LogP contribution in [0.15, 0.2) is 41.3 Å². The summed E-state index contributed by atoms with van der Waals surface area (Å²) in [5.74, 6) is -26.8. The first kappa shape index (κ1) is 27.9. The summed E-state index contributed by atoms with van der Waals surface area (Å²) in [6.45, 7) is 0. The van der Waals surface area contributed by atoms with Gasteiger partial charge in [-0.25, -0.2) is 17.2 Å². The van der Waals surface area contributed by atoms with Crippen LogP contribution in [0.25, 0.3) is 10.8 Å². The molecular formula is C16H9F10NaO3S. The van der Waals surface area contributed by atoms with E-state index in [1.54, 1.807) is 0 Å². The molecule has 3 nitrogen and oxygen atoms in total. The Morgan fingerprint density at radius 2 is 1.29 bits per heavy atom. The zero-order chi connectivity index (χ0) is 23.3. The van der Waals surface area contributed by atoms with Crippen LogP contribution in [0.2, 0.25) is 0 Å². The van der Waals surface area contributed by atoms with E-state index in [0.717, 1.165) is 30.3 Å². The Hall–Kier alpha value is -1.09. The summed E-state index contributed by atoms with van der Waals surface area (Å²) in [7, 11) is -5.16. The maximum atomic E-state index is 14.1. The van der Waals surface area contributed by atoms with Crippen LogP contribution in [-0.2, 0) is 16.5 Å². The van der Waals surface area contributed by atoms with Crippen molar-refractivity contribution in [3.8, 4) is 0 Å². The molecule has 31 heavy (non-hydrogen) atoms. The number of fused-ring (bicyclic) bond motifs is 1. The molecule has 0 amide bonds. The zero-order valence-electron chi connectivity index (χ0n) is 15.2. The summed E-state index contributed by atoms with van der Waals surface area (Å²) in [6, 6.07) is 4.94. The molecule has 0 unspecified atom stereocenters. The van der Waals surface area contributed by atoms with E-state index in [1.165, 1.54) is 0 Å². The number of halogens is 10. The Bertz CT molecular complexity index is 1060. The van der Waals surface area contributed by atoms with Gasteiger partial charge in [-0.3, -0.25) is 0 Å². The third kappa shape index (κ3) is 4.68. The Morgan fingerprint density at radius 3 is 1.77 bits per heavy atom. The summed E-state index contributed by atoms with van der Waals surface area (Å²) in [4.78, 5) is -0.938. The van der Waals surface area contributed by atoms with Crippen molar-refractivity contribution in [2.24, 2.45) is 0 Å². The number of rotatable bonds is 7. The quantitative estimate of drug-likeness (QED) is 0.337. The van der Waals surface area contributed by atoms with Crippen LogP contribution in [0.3, 0.4) is 0 Å². The second-order valence-corrected chi connectivity index (χ2v) is 7.52. The summed E-state index contributed by atoms with van der Waals surface area (Å²) < 4.78 is 166. The maximum absolute atomic E-state index is 14.1. The third-order valence-electron chi connectivity index (χ3n) is 4.20. The monoisotopic (exact) mass is 494 g/mol. The molecule has 2 aromatic carbocycles. The minimum atomic E-state index is -7.13. The van der Waals surface area contributed by atoms with Gasteiger partial charge in [0.1, 0.15) is 10.1 Å². The molecule has 0 radical (unpaired) electrons. The van der Waals surface area contributed by atoms with E-state index >= 15 is 0 Å². The molecule has 0 atom stereocenters. The van der Waals surface area contributed by atoms with Gasteiger partial charge in [-0.1, -0.05) is 30.3 Å². The van der Waals surface area contributed by atoms with E-state index in [4.69, 9.17) is 0 Å². The van der Waals surface area contributed by atoms with Crippen LogP contribution in [-0.4, -0.2) is 43.1 Å². The van der Waals surface area contributed by atoms with Crippen LogP contribution in [0.5, 0.6) is 0 Å². The molecule has 2 aromatic rings. The van der Waals surface area contributed by atoms with Gasteiger partial charge >= 0.3 is 59.7 Å². The van der Waals surface area contributed by atoms with Crippen molar-refractivity contribution in [2.75, 3.05) is 0 Å². The molecule has 2 rings (SSSR count). The van der Waals surface area contributed by atoms with E-state index in [1.807, 2.05) is 0 Å². The topological polar surface area (TPSA) is 57.2 Å². The Labute approximate surface area is 190 Å². The van der Waals surface area contributed by atoms with Crippen molar-refractivity contribution < 1.29 is 86.4 Å². The predicted molar refractivity (Wildman–Crippen MR) is 81.4 cm³/mol. The van der Waals surface area contributed by atoms with E-state index < -0.39 is 67.9 Å². The Balaban J connectivity index is 0.00000480. The molecule has 0 saturated carbocycles.